The fraction of sp³-hybridized carbons (Fsp3) is 1.00. The third kappa shape index (κ3) is 3.73. The van der Waals surface area contributed by atoms with Crippen molar-refractivity contribution in [3.05, 3.63) is 0 Å². The van der Waals surface area contributed by atoms with E-state index < -0.39 is 74.4 Å². The van der Waals surface area contributed by atoms with Crippen molar-refractivity contribution in [2.75, 3.05) is 20.3 Å². The van der Waals surface area contributed by atoms with Crippen LogP contribution in [0, 0.1) is 0 Å². The van der Waals surface area contributed by atoms with E-state index in [-0.39, 0.29) is 0 Å². The van der Waals surface area contributed by atoms with Crippen molar-refractivity contribution < 1.29 is 49.6 Å². The summed E-state index contributed by atoms with van der Waals surface area (Å²) in [6, 6.07) is 0. The molecule has 0 aromatic carbocycles. The van der Waals surface area contributed by atoms with Crippen molar-refractivity contribution in [2.24, 2.45) is 0 Å². The molecule has 5 unspecified atom stereocenters. The lowest BCUT2D eigenvalue weighted by molar-refractivity contribution is -0.343. The zero-order valence-electron chi connectivity index (χ0n) is 13.5. The van der Waals surface area contributed by atoms with Crippen LogP contribution in [0.25, 0.3) is 0 Å². The monoisotopic (exact) mass is 354 g/mol. The summed E-state index contributed by atoms with van der Waals surface area (Å²) in [5, 5.41) is 59.0. The Balaban J connectivity index is 2.12. The molecule has 10 atom stereocenters. The van der Waals surface area contributed by atoms with Gasteiger partial charge < -0.3 is 49.6 Å². The lowest BCUT2D eigenvalue weighted by Crippen LogP contribution is -2.64. The van der Waals surface area contributed by atoms with Gasteiger partial charge in [0.2, 0.25) is 0 Å². The molecule has 0 radical (unpaired) electrons. The third-order valence-corrected chi connectivity index (χ3v) is 4.49. The molecule has 0 aliphatic carbocycles. The molecule has 0 spiro atoms. The van der Waals surface area contributed by atoms with E-state index in [0.717, 1.165) is 0 Å². The number of aliphatic hydroxyl groups excluding tert-OH is 6. The molecule has 0 aromatic rings. The molecule has 0 bridgehead atoms. The van der Waals surface area contributed by atoms with Gasteiger partial charge in [0.05, 0.1) is 19.3 Å². The minimum Gasteiger partial charge on any atom is -0.394 e. The Bertz CT molecular complexity index is 392. The molecule has 0 aromatic heterocycles. The molecule has 2 aliphatic heterocycles. The van der Waals surface area contributed by atoms with Gasteiger partial charge in [0.1, 0.15) is 48.8 Å². The fourth-order valence-electron chi connectivity index (χ4n) is 3.05. The Morgan fingerprint density at radius 1 is 0.792 bits per heavy atom. The molecule has 0 saturated carbocycles. The van der Waals surface area contributed by atoms with Gasteiger partial charge in [-0.1, -0.05) is 0 Å². The minimum absolute atomic E-state index is 0.491. The van der Waals surface area contributed by atoms with Crippen LogP contribution >= 0.6 is 0 Å². The number of methoxy groups -OCH3 is 1. The van der Waals surface area contributed by atoms with Crippen molar-refractivity contribution >= 4 is 0 Å². The molecule has 2 saturated heterocycles. The van der Waals surface area contributed by atoms with Crippen molar-refractivity contribution in [3.63, 3.8) is 0 Å². The van der Waals surface area contributed by atoms with Gasteiger partial charge in [0.25, 0.3) is 0 Å². The van der Waals surface area contributed by atoms with E-state index in [1.165, 1.54) is 14.0 Å². The highest BCUT2D eigenvalue weighted by atomic mass is 16.7. The van der Waals surface area contributed by atoms with E-state index in [9.17, 15) is 30.6 Å². The van der Waals surface area contributed by atoms with Gasteiger partial charge in [-0.25, -0.2) is 0 Å². The van der Waals surface area contributed by atoms with Gasteiger partial charge in [0.15, 0.2) is 6.29 Å². The van der Waals surface area contributed by atoms with Crippen LogP contribution in [0.2, 0.25) is 0 Å². The third-order valence-electron chi connectivity index (χ3n) is 4.49. The average molecular weight is 354 g/mol. The first-order chi connectivity index (χ1) is 11.3. The van der Waals surface area contributed by atoms with Crippen LogP contribution in [-0.2, 0) is 18.9 Å². The maximum atomic E-state index is 10.2. The molecule has 142 valence electrons. The van der Waals surface area contributed by atoms with E-state index >= 15 is 0 Å². The van der Waals surface area contributed by atoms with Gasteiger partial charge in [-0.3, -0.25) is 0 Å². The Labute approximate surface area is 139 Å². The normalized spacial score (nSPS) is 50.0. The highest BCUT2D eigenvalue weighted by molar-refractivity contribution is 4.95. The number of hydrogen-bond acceptors (Lipinski definition) is 10. The number of hydrogen-bond donors (Lipinski definition) is 6. The molecule has 10 nitrogen and oxygen atoms in total. The van der Waals surface area contributed by atoms with Crippen LogP contribution in [0.4, 0.5) is 0 Å². The standard InChI is InChI=1S/C14H26O10/c1-5-8(17)9(18)13(7(4-16)22-5)24-14-11(20)10(19)12(21-2)6(3-15)23-14/h5-20H,3-4H2,1-2H3/t5-,6?,7?,8?,9?,10+,11?,12+,13+,14-/m0/s1. The Hall–Kier alpha value is -0.400. The van der Waals surface area contributed by atoms with Crippen molar-refractivity contribution in [3.8, 4) is 0 Å². The van der Waals surface area contributed by atoms with Gasteiger partial charge in [-0.2, -0.15) is 0 Å². The van der Waals surface area contributed by atoms with Crippen LogP contribution in [0.3, 0.4) is 0 Å². The second-order valence-corrected chi connectivity index (χ2v) is 6.05. The summed E-state index contributed by atoms with van der Waals surface area (Å²) in [5.41, 5.74) is 0. The fourth-order valence-corrected chi connectivity index (χ4v) is 3.05. The Kier molecular flexibility index (Phi) is 6.90. The van der Waals surface area contributed by atoms with Gasteiger partial charge in [-0.05, 0) is 6.92 Å². The van der Waals surface area contributed by atoms with E-state index in [4.69, 9.17) is 18.9 Å². The molecule has 2 heterocycles. The van der Waals surface area contributed by atoms with E-state index in [0.29, 0.717) is 0 Å². The highest BCUT2D eigenvalue weighted by Crippen LogP contribution is 2.29. The quantitative estimate of drug-likeness (QED) is 0.290. The molecular weight excluding hydrogens is 328 g/mol. The second-order valence-electron chi connectivity index (χ2n) is 6.05. The topological polar surface area (TPSA) is 158 Å². The second kappa shape index (κ2) is 8.32. The Morgan fingerprint density at radius 3 is 1.88 bits per heavy atom. The first-order valence-corrected chi connectivity index (χ1v) is 7.78. The summed E-state index contributed by atoms with van der Waals surface area (Å²) in [5.74, 6) is 0. The first-order valence-electron chi connectivity index (χ1n) is 7.78. The maximum absolute atomic E-state index is 10.2. The van der Waals surface area contributed by atoms with Gasteiger partial charge in [-0.15, -0.1) is 0 Å². The van der Waals surface area contributed by atoms with Crippen LogP contribution in [0.5, 0.6) is 0 Å². The van der Waals surface area contributed by atoms with Crippen LogP contribution < -0.4 is 0 Å². The van der Waals surface area contributed by atoms with Gasteiger partial charge in [0, 0.05) is 7.11 Å². The lowest BCUT2D eigenvalue weighted by atomic mass is 9.95. The Morgan fingerprint density at radius 2 is 1.33 bits per heavy atom. The predicted molar refractivity (Wildman–Crippen MR) is 76.9 cm³/mol. The van der Waals surface area contributed by atoms with E-state index in [1.807, 2.05) is 0 Å². The van der Waals surface area contributed by atoms with Crippen LogP contribution in [0.15, 0.2) is 0 Å². The molecule has 10 heteroatoms. The molecule has 24 heavy (non-hydrogen) atoms. The molecule has 2 rings (SSSR count). The molecular formula is C14H26O10. The summed E-state index contributed by atoms with van der Waals surface area (Å²) in [6.07, 6.45) is -11.8. The average Bonchev–Trinajstić information content (AvgIpc) is 2.58. The van der Waals surface area contributed by atoms with Crippen molar-refractivity contribution in [1.82, 2.24) is 0 Å². The number of aliphatic hydroxyl groups is 6. The number of rotatable bonds is 5. The highest BCUT2D eigenvalue weighted by Gasteiger charge is 2.50. The minimum atomic E-state index is -1.53. The summed E-state index contributed by atoms with van der Waals surface area (Å²) in [6.45, 7) is 0.552. The van der Waals surface area contributed by atoms with Gasteiger partial charge >= 0.3 is 0 Å². The summed E-state index contributed by atoms with van der Waals surface area (Å²) < 4.78 is 21.2. The SMILES string of the molecule is CO[C@@H]1C(CO)O[C@@H](O[C@@H]2C(CO)O[C@@H](C)C(O)C2O)C(O)[C@H]1O. The lowest BCUT2D eigenvalue weighted by Gasteiger charge is -2.46. The largest absolute Gasteiger partial charge is 0.394 e. The zero-order chi connectivity index (χ0) is 18.0. The zero-order valence-corrected chi connectivity index (χ0v) is 13.5. The summed E-state index contributed by atoms with van der Waals surface area (Å²) in [4.78, 5) is 0. The summed E-state index contributed by atoms with van der Waals surface area (Å²) >= 11 is 0. The molecule has 0 amide bonds. The van der Waals surface area contributed by atoms with Crippen molar-refractivity contribution in [2.45, 2.75) is 68.1 Å². The molecule has 2 aliphatic rings. The maximum Gasteiger partial charge on any atom is 0.187 e. The van der Waals surface area contributed by atoms with Crippen molar-refractivity contribution in [1.29, 1.82) is 0 Å². The smallest absolute Gasteiger partial charge is 0.187 e. The summed E-state index contributed by atoms with van der Waals surface area (Å²) in [7, 11) is 1.30. The van der Waals surface area contributed by atoms with E-state index in [2.05, 4.69) is 0 Å². The first kappa shape index (κ1) is 19.9. The van der Waals surface area contributed by atoms with Crippen LogP contribution in [0.1, 0.15) is 6.92 Å². The number of ether oxygens (including phenoxy) is 4. The molecule has 6 N–H and O–H groups in total. The predicted octanol–water partition coefficient (Wildman–Crippen LogP) is -3.67. The van der Waals surface area contributed by atoms with Crippen LogP contribution in [-0.4, -0.2) is 112 Å². The van der Waals surface area contributed by atoms with E-state index in [1.54, 1.807) is 0 Å². The molecule has 2 fully saturated rings.